The van der Waals surface area contributed by atoms with Crippen LogP contribution in [0, 0.1) is 6.92 Å². The van der Waals surface area contributed by atoms with Gasteiger partial charge >= 0.3 is 0 Å². The molecule has 1 aliphatic rings. The molecule has 0 radical (unpaired) electrons. The fourth-order valence-electron chi connectivity index (χ4n) is 3.34. The van der Waals surface area contributed by atoms with E-state index in [1.165, 1.54) is 0 Å². The maximum atomic E-state index is 12.6. The van der Waals surface area contributed by atoms with Gasteiger partial charge in [0.2, 0.25) is 5.91 Å². The van der Waals surface area contributed by atoms with Gasteiger partial charge in [-0.3, -0.25) is 14.6 Å². The van der Waals surface area contributed by atoms with Crippen LogP contribution in [0.4, 0.5) is 0 Å². The molecule has 1 aromatic heterocycles. The first-order chi connectivity index (χ1) is 12.5. The molecule has 1 saturated heterocycles. The molecule has 0 aliphatic carbocycles. The lowest BCUT2D eigenvalue weighted by atomic mass is 10.1. The summed E-state index contributed by atoms with van der Waals surface area (Å²) in [7, 11) is 0. The molecular formula is C20H28N4O2. The zero-order valence-corrected chi connectivity index (χ0v) is 15.8. The van der Waals surface area contributed by atoms with Crippen LogP contribution in [0.25, 0.3) is 0 Å². The number of aryl methyl sites for hydroxylation is 1. The molecule has 140 valence electrons. The van der Waals surface area contributed by atoms with E-state index in [1.54, 1.807) is 0 Å². The van der Waals surface area contributed by atoms with Gasteiger partial charge in [-0.2, -0.15) is 0 Å². The van der Waals surface area contributed by atoms with Crippen LogP contribution in [0.1, 0.15) is 36.9 Å². The number of nitrogens with one attached hydrogen (secondary N) is 1. The molecule has 1 fully saturated rings. The molecule has 1 aliphatic heterocycles. The van der Waals surface area contributed by atoms with Crippen molar-refractivity contribution >= 4 is 5.91 Å². The second-order valence-electron chi connectivity index (χ2n) is 7.06. The zero-order valence-electron chi connectivity index (χ0n) is 15.8. The molecule has 6 nitrogen and oxygen atoms in total. The third-order valence-electron chi connectivity index (χ3n) is 5.05. The normalized spacial score (nSPS) is 18.4. The molecule has 1 N–H and O–H groups in total. The predicted molar refractivity (Wildman–Crippen MR) is 101 cm³/mol. The van der Waals surface area contributed by atoms with Gasteiger partial charge in [0.15, 0.2) is 5.76 Å². The highest BCUT2D eigenvalue weighted by atomic mass is 16.5. The maximum Gasteiger partial charge on any atom is 0.237 e. The maximum absolute atomic E-state index is 12.6. The van der Waals surface area contributed by atoms with Crippen molar-refractivity contribution in [2.75, 3.05) is 26.2 Å². The zero-order chi connectivity index (χ0) is 18.5. The number of carbonyl (C=O) groups excluding carboxylic acids is 1. The Morgan fingerprint density at radius 1 is 1.19 bits per heavy atom. The van der Waals surface area contributed by atoms with E-state index in [0.29, 0.717) is 0 Å². The van der Waals surface area contributed by atoms with Crippen LogP contribution >= 0.6 is 0 Å². The Morgan fingerprint density at radius 3 is 2.50 bits per heavy atom. The largest absolute Gasteiger partial charge is 0.360 e. The molecule has 0 bridgehead atoms. The average Bonchev–Trinajstić information content (AvgIpc) is 3.07. The minimum absolute atomic E-state index is 0.0159. The Morgan fingerprint density at radius 2 is 1.88 bits per heavy atom. The van der Waals surface area contributed by atoms with Gasteiger partial charge in [-0.1, -0.05) is 35.5 Å². The molecule has 2 unspecified atom stereocenters. The van der Waals surface area contributed by atoms with E-state index < -0.39 is 0 Å². The number of aromatic nitrogens is 1. The summed E-state index contributed by atoms with van der Waals surface area (Å²) >= 11 is 0. The fraction of sp³-hybridized carbons (Fsp3) is 0.500. The third-order valence-corrected chi connectivity index (χ3v) is 5.05. The number of hydrogen-bond acceptors (Lipinski definition) is 5. The van der Waals surface area contributed by atoms with Crippen molar-refractivity contribution in [3.63, 3.8) is 0 Å². The Kier molecular flexibility index (Phi) is 6.06. The Balaban J connectivity index is 1.46. The monoisotopic (exact) mass is 356 g/mol. The smallest absolute Gasteiger partial charge is 0.237 e. The van der Waals surface area contributed by atoms with E-state index >= 15 is 0 Å². The lowest BCUT2D eigenvalue weighted by molar-refractivity contribution is -0.127. The molecule has 3 rings (SSSR count). The number of hydrogen-bond donors (Lipinski definition) is 1. The van der Waals surface area contributed by atoms with Gasteiger partial charge in [0.05, 0.1) is 24.3 Å². The summed E-state index contributed by atoms with van der Waals surface area (Å²) in [5.74, 6) is 0.985. The molecule has 0 spiro atoms. The van der Waals surface area contributed by atoms with Crippen LogP contribution in [-0.4, -0.2) is 53.1 Å². The summed E-state index contributed by atoms with van der Waals surface area (Å²) < 4.78 is 5.30. The number of benzene rings is 1. The first-order valence-corrected chi connectivity index (χ1v) is 9.27. The van der Waals surface area contributed by atoms with Crippen LogP contribution in [0.5, 0.6) is 0 Å². The predicted octanol–water partition coefficient (Wildman–Crippen LogP) is 2.37. The van der Waals surface area contributed by atoms with Gasteiger partial charge in [0.1, 0.15) is 0 Å². The fourth-order valence-corrected chi connectivity index (χ4v) is 3.34. The minimum atomic E-state index is -0.129. The first kappa shape index (κ1) is 18.6. The van der Waals surface area contributed by atoms with E-state index in [9.17, 15) is 4.79 Å². The highest BCUT2D eigenvalue weighted by Gasteiger charge is 2.26. The van der Waals surface area contributed by atoms with Crippen molar-refractivity contribution in [1.29, 1.82) is 0 Å². The van der Waals surface area contributed by atoms with Crippen LogP contribution in [0.15, 0.2) is 40.9 Å². The van der Waals surface area contributed by atoms with E-state index in [0.717, 1.165) is 49.7 Å². The Labute approximate surface area is 155 Å². The van der Waals surface area contributed by atoms with Gasteiger partial charge in [-0.05, 0) is 26.3 Å². The Hall–Kier alpha value is -2.18. The van der Waals surface area contributed by atoms with Crippen LogP contribution in [0.3, 0.4) is 0 Å². The first-order valence-electron chi connectivity index (χ1n) is 9.27. The molecule has 2 aromatic rings. The van der Waals surface area contributed by atoms with Gasteiger partial charge in [0, 0.05) is 32.2 Å². The van der Waals surface area contributed by atoms with E-state index in [1.807, 2.05) is 57.2 Å². The van der Waals surface area contributed by atoms with Crippen molar-refractivity contribution in [2.24, 2.45) is 0 Å². The van der Waals surface area contributed by atoms with Crippen molar-refractivity contribution in [1.82, 2.24) is 20.3 Å². The molecule has 2 heterocycles. The number of rotatable bonds is 6. The third kappa shape index (κ3) is 4.71. The van der Waals surface area contributed by atoms with Crippen molar-refractivity contribution < 1.29 is 9.32 Å². The summed E-state index contributed by atoms with van der Waals surface area (Å²) in [6.45, 7) is 10.3. The number of nitrogens with zero attached hydrogens (tertiary/aromatic N) is 3. The van der Waals surface area contributed by atoms with Crippen LogP contribution in [0.2, 0.25) is 0 Å². The minimum Gasteiger partial charge on any atom is -0.360 e. The molecule has 0 saturated carbocycles. The van der Waals surface area contributed by atoms with Crippen molar-refractivity contribution in [3.8, 4) is 0 Å². The summed E-state index contributed by atoms with van der Waals surface area (Å²) in [6, 6.07) is 11.9. The summed E-state index contributed by atoms with van der Waals surface area (Å²) in [4.78, 5) is 17.2. The SMILES string of the molecule is Cc1cc(CN2CCN(C(C)C(=O)NC(C)c3ccccc3)CC2)on1. The van der Waals surface area contributed by atoms with E-state index in [4.69, 9.17) is 4.52 Å². The highest BCUT2D eigenvalue weighted by Crippen LogP contribution is 2.14. The van der Waals surface area contributed by atoms with Gasteiger partial charge < -0.3 is 9.84 Å². The lowest BCUT2D eigenvalue weighted by Crippen LogP contribution is -2.53. The van der Waals surface area contributed by atoms with Crippen molar-refractivity contribution in [3.05, 3.63) is 53.4 Å². The quantitative estimate of drug-likeness (QED) is 0.861. The second-order valence-corrected chi connectivity index (χ2v) is 7.06. The number of carbonyl (C=O) groups is 1. The standard InChI is InChI=1S/C20H28N4O2/c1-15-13-19(26-22-15)14-23-9-11-24(12-10-23)17(3)20(25)21-16(2)18-7-5-4-6-8-18/h4-8,13,16-17H,9-12,14H2,1-3H3,(H,21,25). The summed E-state index contributed by atoms with van der Waals surface area (Å²) in [6.07, 6.45) is 0. The van der Waals surface area contributed by atoms with Crippen LogP contribution < -0.4 is 5.32 Å². The molecule has 2 atom stereocenters. The Bertz CT molecular complexity index is 708. The summed E-state index contributed by atoms with van der Waals surface area (Å²) in [5, 5.41) is 7.07. The summed E-state index contributed by atoms with van der Waals surface area (Å²) in [5.41, 5.74) is 2.04. The number of amides is 1. The molecule has 1 aromatic carbocycles. The molecule has 1 amide bonds. The van der Waals surface area contributed by atoms with Gasteiger partial charge in [-0.25, -0.2) is 0 Å². The average molecular weight is 356 g/mol. The van der Waals surface area contributed by atoms with Crippen LogP contribution in [-0.2, 0) is 11.3 Å². The van der Waals surface area contributed by atoms with E-state index in [-0.39, 0.29) is 18.0 Å². The second kappa shape index (κ2) is 8.47. The highest BCUT2D eigenvalue weighted by molar-refractivity contribution is 5.81. The van der Waals surface area contributed by atoms with Crippen molar-refractivity contribution in [2.45, 2.75) is 39.4 Å². The lowest BCUT2D eigenvalue weighted by Gasteiger charge is -2.37. The number of piperazine rings is 1. The topological polar surface area (TPSA) is 61.6 Å². The van der Waals surface area contributed by atoms with Gasteiger partial charge in [-0.15, -0.1) is 0 Å². The van der Waals surface area contributed by atoms with Gasteiger partial charge in [0.25, 0.3) is 0 Å². The molecule has 6 heteroatoms. The van der Waals surface area contributed by atoms with E-state index in [2.05, 4.69) is 20.3 Å². The molecular weight excluding hydrogens is 328 g/mol. The molecule has 26 heavy (non-hydrogen) atoms.